The van der Waals surface area contributed by atoms with Crippen LogP contribution in [0.3, 0.4) is 0 Å². The van der Waals surface area contributed by atoms with E-state index in [-0.39, 0.29) is 11.9 Å². The van der Waals surface area contributed by atoms with Gasteiger partial charge in [-0.1, -0.05) is 25.1 Å². The summed E-state index contributed by atoms with van der Waals surface area (Å²) in [4.78, 5) is 0. The molecule has 12 heavy (non-hydrogen) atoms. The summed E-state index contributed by atoms with van der Waals surface area (Å²) in [5.74, 6) is -0.151. The Morgan fingerprint density at radius 1 is 1.42 bits per heavy atom. The van der Waals surface area contributed by atoms with E-state index in [2.05, 4.69) is 0 Å². The van der Waals surface area contributed by atoms with Crippen molar-refractivity contribution in [2.45, 2.75) is 25.8 Å². The number of halogens is 1. The molecule has 66 valence electrons. The summed E-state index contributed by atoms with van der Waals surface area (Å²) in [5.41, 5.74) is 6.42. The molecule has 0 aromatic heterocycles. The van der Waals surface area contributed by atoms with Gasteiger partial charge >= 0.3 is 0 Å². The Balaban J connectivity index is 2.69. The molecule has 0 saturated heterocycles. The molecule has 0 aliphatic rings. The number of nitrogens with two attached hydrogens (primary N) is 1. The number of hydrogen-bond donors (Lipinski definition) is 1. The molecule has 1 aromatic rings. The normalized spacial score (nSPS) is 12.9. The summed E-state index contributed by atoms with van der Waals surface area (Å²) < 4.78 is 13.0. The van der Waals surface area contributed by atoms with Crippen LogP contribution in [0, 0.1) is 5.82 Å². The van der Waals surface area contributed by atoms with E-state index in [1.54, 1.807) is 12.1 Å². The third kappa shape index (κ3) is 2.31. The molecule has 0 saturated carbocycles. The lowest BCUT2D eigenvalue weighted by atomic mass is 10.0. The van der Waals surface area contributed by atoms with E-state index in [0.29, 0.717) is 12.0 Å². The second-order valence-corrected chi connectivity index (χ2v) is 2.96. The zero-order valence-corrected chi connectivity index (χ0v) is 7.26. The highest BCUT2D eigenvalue weighted by molar-refractivity contribution is 5.18. The van der Waals surface area contributed by atoms with Crippen LogP contribution in [0.4, 0.5) is 4.39 Å². The van der Waals surface area contributed by atoms with Gasteiger partial charge in [-0.2, -0.15) is 0 Å². The van der Waals surface area contributed by atoms with Crippen molar-refractivity contribution in [3.8, 4) is 0 Å². The summed E-state index contributed by atoms with van der Waals surface area (Å²) >= 11 is 0. The highest BCUT2D eigenvalue weighted by Crippen LogP contribution is 2.09. The zero-order valence-electron chi connectivity index (χ0n) is 7.26. The predicted molar refractivity (Wildman–Crippen MR) is 48.4 cm³/mol. The van der Waals surface area contributed by atoms with Gasteiger partial charge in [-0.05, 0) is 24.5 Å². The predicted octanol–water partition coefficient (Wildman–Crippen LogP) is 2.11. The molecule has 1 nitrogen and oxygen atoms in total. The van der Waals surface area contributed by atoms with E-state index >= 15 is 0 Å². The first-order valence-corrected chi connectivity index (χ1v) is 4.23. The van der Waals surface area contributed by atoms with Gasteiger partial charge in [0.2, 0.25) is 0 Å². The van der Waals surface area contributed by atoms with Crippen molar-refractivity contribution in [3.05, 3.63) is 35.6 Å². The lowest BCUT2D eigenvalue weighted by molar-refractivity contribution is 0.579. The SMILES string of the molecule is CC[C@@H](N)Cc1ccccc1F. The van der Waals surface area contributed by atoms with E-state index in [4.69, 9.17) is 5.73 Å². The summed E-state index contributed by atoms with van der Waals surface area (Å²) in [6, 6.07) is 6.85. The molecule has 0 aliphatic carbocycles. The molecule has 0 radical (unpaired) electrons. The lowest BCUT2D eigenvalue weighted by Gasteiger charge is -2.08. The van der Waals surface area contributed by atoms with E-state index < -0.39 is 0 Å². The summed E-state index contributed by atoms with van der Waals surface area (Å²) in [5, 5.41) is 0. The second kappa shape index (κ2) is 4.21. The molecule has 2 N–H and O–H groups in total. The topological polar surface area (TPSA) is 26.0 Å². The number of hydrogen-bond acceptors (Lipinski definition) is 1. The summed E-state index contributed by atoms with van der Waals surface area (Å²) in [7, 11) is 0. The van der Waals surface area contributed by atoms with Crippen molar-refractivity contribution in [3.63, 3.8) is 0 Å². The van der Waals surface area contributed by atoms with Gasteiger partial charge < -0.3 is 5.73 Å². The highest BCUT2D eigenvalue weighted by Gasteiger charge is 2.04. The molecule has 1 rings (SSSR count). The van der Waals surface area contributed by atoms with Crippen molar-refractivity contribution >= 4 is 0 Å². The summed E-state index contributed by atoms with van der Waals surface area (Å²) in [6.07, 6.45) is 1.51. The smallest absolute Gasteiger partial charge is 0.126 e. The fraction of sp³-hybridized carbons (Fsp3) is 0.400. The molecule has 1 aromatic carbocycles. The van der Waals surface area contributed by atoms with Gasteiger partial charge in [0.25, 0.3) is 0 Å². The van der Waals surface area contributed by atoms with Crippen LogP contribution < -0.4 is 5.73 Å². The fourth-order valence-electron chi connectivity index (χ4n) is 1.09. The van der Waals surface area contributed by atoms with Gasteiger partial charge in [-0.15, -0.1) is 0 Å². The lowest BCUT2D eigenvalue weighted by Crippen LogP contribution is -2.21. The quantitative estimate of drug-likeness (QED) is 0.733. The minimum absolute atomic E-state index is 0.0712. The Morgan fingerprint density at radius 2 is 2.08 bits per heavy atom. The first-order chi connectivity index (χ1) is 5.74. The maximum absolute atomic E-state index is 13.0. The van der Waals surface area contributed by atoms with Crippen LogP contribution in [-0.4, -0.2) is 6.04 Å². The Kier molecular flexibility index (Phi) is 3.23. The standard InChI is InChI=1S/C10H14FN/c1-2-9(12)7-8-5-3-4-6-10(8)11/h3-6,9H,2,7,12H2,1H3/t9-/m1/s1. The van der Waals surface area contributed by atoms with E-state index in [0.717, 1.165) is 6.42 Å². The minimum Gasteiger partial charge on any atom is -0.327 e. The Bertz CT molecular complexity index is 247. The van der Waals surface area contributed by atoms with E-state index in [9.17, 15) is 4.39 Å². The second-order valence-electron chi connectivity index (χ2n) is 2.96. The van der Waals surface area contributed by atoms with E-state index in [1.165, 1.54) is 6.07 Å². The van der Waals surface area contributed by atoms with Crippen LogP contribution in [0.2, 0.25) is 0 Å². The maximum atomic E-state index is 13.0. The Hall–Kier alpha value is -0.890. The van der Waals surface area contributed by atoms with Gasteiger partial charge in [-0.25, -0.2) is 4.39 Å². The molecule has 0 spiro atoms. The van der Waals surface area contributed by atoms with Gasteiger partial charge in [0.15, 0.2) is 0 Å². The van der Waals surface area contributed by atoms with Crippen LogP contribution in [0.5, 0.6) is 0 Å². The van der Waals surface area contributed by atoms with Gasteiger partial charge in [0, 0.05) is 6.04 Å². The monoisotopic (exact) mass is 167 g/mol. The van der Waals surface area contributed by atoms with Crippen LogP contribution in [0.1, 0.15) is 18.9 Å². The molecule has 0 heterocycles. The van der Waals surface area contributed by atoms with Gasteiger partial charge in [0.1, 0.15) is 5.82 Å². The van der Waals surface area contributed by atoms with Crippen LogP contribution in [0.25, 0.3) is 0 Å². The molecule has 0 bridgehead atoms. The molecule has 1 atom stereocenters. The van der Waals surface area contributed by atoms with Crippen LogP contribution in [0.15, 0.2) is 24.3 Å². The molecule has 2 heteroatoms. The van der Waals surface area contributed by atoms with Gasteiger partial charge in [-0.3, -0.25) is 0 Å². The first kappa shape index (κ1) is 9.20. The third-order valence-corrected chi connectivity index (χ3v) is 1.96. The van der Waals surface area contributed by atoms with Crippen molar-refractivity contribution in [2.75, 3.05) is 0 Å². The van der Waals surface area contributed by atoms with Crippen molar-refractivity contribution in [1.29, 1.82) is 0 Å². The molecule has 0 fully saturated rings. The van der Waals surface area contributed by atoms with Gasteiger partial charge in [0.05, 0.1) is 0 Å². The van der Waals surface area contributed by atoms with E-state index in [1.807, 2.05) is 13.0 Å². The average molecular weight is 167 g/mol. The molecule has 0 amide bonds. The molecule has 0 unspecified atom stereocenters. The van der Waals surface area contributed by atoms with Crippen LogP contribution in [-0.2, 0) is 6.42 Å². The van der Waals surface area contributed by atoms with Crippen molar-refractivity contribution in [2.24, 2.45) is 5.73 Å². The van der Waals surface area contributed by atoms with Crippen molar-refractivity contribution in [1.82, 2.24) is 0 Å². The minimum atomic E-state index is -0.151. The Morgan fingerprint density at radius 3 is 2.67 bits per heavy atom. The summed E-state index contributed by atoms with van der Waals surface area (Å²) in [6.45, 7) is 2.01. The molecular weight excluding hydrogens is 153 g/mol. The zero-order chi connectivity index (χ0) is 8.97. The fourth-order valence-corrected chi connectivity index (χ4v) is 1.09. The maximum Gasteiger partial charge on any atom is 0.126 e. The third-order valence-electron chi connectivity index (χ3n) is 1.96. The molecule has 0 aliphatic heterocycles. The highest BCUT2D eigenvalue weighted by atomic mass is 19.1. The van der Waals surface area contributed by atoms with Crippen molar-refractivity contribution < 1.29 is 4.39 Å². The van der Waals surface area contributed by atoms with Crippen LogP contribution >= 0.6 is 0 Å². The number of rotatable bonds is 3. The number of benzene rings is 1. The first-order valence-electron chi connectivity index (χ1n) is 4.23. The Labute approximate surface area is 72.4 Å². The average Bonchev–Trinajstić information content (AvgIpc) is 2.09. The largest absolute Gasteiger partial charge is 0.327 e. The molecular formula is C10H14FN.